The molecule has 0 fully saturated rings. The summed E-state index contributed by atoms with van der Waals surface area (Å²) in [6, 6.07) is 14.8. The fraction of sp³-hybridized carbons (Fsp3) is 0.250. The van der Waals surface area contributed by atoms with Gasteiger partial charge in [0.2, 0.25) is 0 Å². The molecule has 0 radical (unpaired) electrons. The standard InChI is InChI=1S/C16H15ClF3N/c17-10-15(13-6-2-1-3-7-13)21-11-12-5-4-8-14(9-12)16(18,19)20/h1-9,15,21H,10-11H2. The molecule has 21 heavy (non-hydrogen) atoms. The van der Waals surface area contributed by atoms with Gasteiger partial charge >= 0.3 is 6.18 Å². The fourth-order valence-electron chi connectivity index (χ4n) is 2.05. The van der Waals surface area contributed by atoms with Crippen molar-refractivity contribution in [3.8, 4) is 0 Å². The summed E-state index contributed by atoms with van der Waals surface area (Å²) < 4.78 is 38.0. The van der Waals surface area contributed by atoms with E-state index >= 15 is 0 Å². The number of alkyl halides is 4. The molecule has 2 aromatic rings. The Morgan fingerprint density at radius 1 is 1.00 bits per heavy atom. The van der Waals surface area contributed by atoms with Crippen molar-refractivity contribution < 1.29 is 13.2 Å². The summed E-state index contributed by atoms with van der Waals surface area (Å²) in [6.45, 7) is 0.330. The molecule has 2 aromatic carbocycles. The maximum Gasteiger partial charge on any atom is 0.416 e. The van der Waals surface area contributed by atoms with Crippen molar-refractivity contribution in [1.82, 2.24) is 5.32 Å². The van der Waals surface area contributed by atoms with Crippen molar-refractivity contribution >= 4 is 11.6 Å². The molecule has 1 nitrogen and oxygen atoms in total. The molecule has 0 spiro atoms. The Labute approximate surface area is 126 Å². The Hall–Kier alpha value is -1.52. The molecule has 1 N–H and O–H groups in total. The van der Waals surface area contributed by atoms with Crippen molar-refractivity contribution in [2.24, 2.45) is 0 Å². The highest BCUT2D eigenvalue weighted by molar-refractivity contribution is 6.18. The maximum atomic E-state index is 12.7. The van der Waals surface area contributed by atoms with Crippen molar-refractivity contribution in [2.45, 2.75) is 18.8 Å². The number of hydrogen-bond donors (Lipinski definition) is 1. The van der Waals surface area contributed by atoms with Gasteiger partial charge in [-0.3, -0.25) is 0 Å². The van der Waals surface area contributed by atoms with Crippen LogP contribution < -0.4 is 5.32 Å². The molecule has 0 aromatic heterocycles. The lowest BCUT2D eigenvalue weighted by Gasteiger charge is -2.17. The summed E-state index contributed by atoms with van der Waals surface area (Å²) in [7, 11) is 0. The first-order valence-corrected chi connectivity index (χ1v) is 7.04. The molecule has 1 unspecified atom stereocenters. The van der Waals surface area contributed by atoms with E-state index in [1.807, 2.05) is 30.3 Å². The van der Waals surface area contributed by atoms with Crippen LogP contribution in [0.4, 0.5) is 13.2 Å². The average molecular weight is 314 g/mol. The molecule has 0 bridgehead atoms. The van der Waals surface area contributed by atoms with E-state index in [1.165, 1.54) is 6.07 Å². The zero-order valence-corrected chi connectivity index (χ0v) is 12.0. The maximum absolute atomic E-state index is 12.7. The predicted octanol–water partition coefficient (Wildman–Crippen LogP) is 4.78. The minimum absolute atomic E-state index is 0.0950. The normalized spacial score (nSPS) is 13.1. The van der Waals surface area contributed by atoms with Crippen LogP contribution in [0.25, 0.3) is 0 Å². The van der Waals surface area contributed by atoms with Crippen molar-refractivity contribution in [3.63, 3.8) is 0 Å². The number of hydrogen-bond acceptors (Lipinski definition) is 1. The quantitative estimate of drug-likeness (QED) is 0.784. The highest BCUT2D eigenvalue weighted by atomic mass is 35.5. The predicted molar refractivity (Wildman–Crippen MR) is 78.2 cm³/mol. The van der Waals surface area contributed by atoms with E-state index in [4.69, 9.17) is 11.6 Å². The van der Waals surface area contributed by atoms with E-state index in [0.29, 0.717) is 18.0 Å². The Morgan fingerprint density at radius 3 is 2.33 bits per heavy atom. The molecular formula is C16H15ClF3N. The molecule has 0 heterocycles. The monoisotopic (exact) mass is 313 g/mol. The Morgan fingerprint density at radius 2 is 1.71 bits per heavy atom. The van der Waals surface area contributed by atoms with Crippen LogP contribution in [0.2, 0.25) is 0 Å². The van der Waals surface area contributed by atoms with Crippen molar-refractivity contribution in [3.05, 3.63) is 71.3 Å². The van der Waals surface area contributed by atoms with Crippen LogP contribution in [0, 0.1) is 0 Å². The molecule has 0 aliphatic heterocycles. The summed E-state index contributed by atoms with van der Waals surface area (Å²) in [4.78, 5) is 0. The molecule has 112 valence electrons. The third-order valence-electron chi connectivity index (χ3n) is 3.16. The number of rotatable bonds is 5. The molecule has 5 heteroatoms. The third-order valence-corrected chi connectivity index (χ3v) is 3.47. The SMILES string of the molecule is FC(F)(F)c1cccc(CNC(CCl)c2ccccc2)c1. The van der Waals surface area contributed by atoms with Crippen molar-refractivity contribution in [2.75, 3.05) is 5.88 Å². The number of nitrogens with one attached hydrogen (secondary N) is 1. The van der Waals surface area contributed by atoms with Gasteiger partial charge < -0.3 is 5.32 Å². The molecule has 0 amide bonds. The zero-order chi connectivity index (χ0) is 15.3. The van der Waals surface area contributed by atoms with Crippen LogP contribution in [-0.4, -0.2) is 5.88 Å². The van der Waals surface area contributed by atoms with Crippen molar-refractivity contribution in [1.29, 1.82) is 0 Å². The lowest BCUT2D eigenvalue weighted by molar-refractivity contribution is -0.137. The van der Waals surface area contributed by atoms with E-state index in [0.717, 1.165) is 17.7 Å². The van der Waals surface area contributed by atoms with Gasteiger partial charge in [0.1, 0.15) is 0 Å². The topological polar surface area (TPSA) is 12.0 Å². The molecular weight excluding hydrogens is 299 g/mol. The highest BCUT2D eigenvalue weighted by Gasteiger charge is 2.30. The molecule has 0 saturated heterocycles. The fourth-order valence-corrected chi connectivity index (χ4v) is 2.33. The van der Waals surface area contributed by atoms with E-state index < -0.39 is 11.7 Å². The Balaban J connectivity index is 2.05. The molecule has 0 aliphatic carbocycles. The number of benzene rings is 2. The van der Waals surface area contributed by atoms with Crippen LogP contribution >= 0.6 is 11.6 Å². The molecule has 0 aliphatic rings. The van der Waals surface area contributed by atoms with Crippen LogP contribution in [-0.2, 0) is 12.7 Å². The lowest BCUT2D eigenvalue weighted by Crippen LogP contribution is -2.22. The number of halogens is 4. The summed E-state index contributed by atoms with van der Waals surface area (Å²) >= 11 is 5.93. The Bertz CT molecular complexity index is 569. The van der Waals surface area contributed by atoms with Gasteiger partial charge in [-0.15, -0.1) is 11.6 Å². The first-order valence-electron chi connectivity index (χ1n) is 6.51. The highest BCUT2D eigenvalue weighted by Crippen LogP contribution is 2.29. The second-order valence-corrected chi connectivity index (χ2v) is 5.01. The van der Waals surface area contributed by atoms with Crippen LogP contribution in [0.15, 0.2) is 54.6 Å². The summed E-state index contributed by atoms with van der Waals surface area (Å²) in [5.74, 6) is 0.350. The van der Waals surface area contributed by atoms with E-state index in [9.17, 15) is 13.2 Å². The second-order valence-electron chi connectivity index (χ2n) is 4.70. The van der Waals surface area contributed by atoms with Gasteiger partial charge in [0.15, 0.2) is 0 Å². The third kappa shape index (κ3) is 4.48. The van der Waals surface area contributed by atoms with E-state index in [2.05, 4.69) is 5.32 Å². The van der Waals surface area contributed by atoms with Crippen LogP contribution in [0.1, 0.15) is 22.7 Å². The van der Waals surface area contributed by atoms with E-state index in [1.54, 1.807) is 6.07 Å². The Kier molecular flexibility index (Phi) is 5.26. The summed E-state index contributed by atoms with van der Waals surface area (Å²) in [5, 5.41) is 3.18. The minimum Gasteiger partial charge on any atom is -0.305 e. The molecule has 2 rings (SSSR count). The van der Waals surface area contributed by atoms with Gasteiger partial charge in [-0.2, -0.15) is 13.2 Å². The van der Waals surface area contributed by atoms with Gasteiger partial charge in [-0.05, 0) is 17.2 Å². The minimum atomic E-state index is -4.32. The van der Waals surface area contributed by atoms with Gasteiger partial charge in [0.05, 0.1) is 5.56 Å². The summed E-state index contributed by atoms with van der Waals surface area (Å²) in [5.41, 5.74) is 0.958. The average Bonchev–Trinajstić information content (AvgIpc) is 2.48. The smallest absolute Gasteiger partial charge is 0.305 e. The largest absolute Gasteiger partial charge is 0.416 e. The van der Waals surface area contributed by atoms with Gasteiger partial charge in [0.25, 0.3) is 0 Å². The van der Waals surface area contributed by atoms with Crippen LogP contribution in [0.5, 0.6) is 0 Å². The summed E-state index contributed by atoms with van der Waals surface area (Å²) in [6.07, 6.45) is -4.32. The molecule has 1 atom stereocenters. The second kappa shape index (κ2) is 6.96. The van der Waals surface area contributed by atoms with E-state index in [-0.39, 0.29) is 6.04 Å². The lowest BCUT2D eigenvalue weighted by atomic mass is 10.1. The zero-order valence-electron chi connectivity index (χ0n) is 11.2. The van der Waals surface area contributed by atoms with Gasteiger partial charge in [-0.1, -0.05) is 48.5 Å². The first kappa shape index (κ1) is 15.9. The van der Waals surface area contributed by atoms with Gasteiger partial charge in [-0.25, -0.2) is 0 Å². The molecule has 0 saturated carbocycles. The first-order chi connectivity index (χ1) is 10.0. The van der Waals surface area contributed by atoms with Gasteiger partial charge in [0, 0.05) is 18.5 Å². The van der Waals surface area contributed by atoms with Crippen LogP contribution in [0.3, 0.4) is 0 Å².